The van der Waals surface area contributed by atoms with Gasteiger partial charge < -0.3 is 10.2 Å². The Balaban J connectivity index is 1.68. The van der Waals surface area contributed by atoms with Gasteiger partial charge in [-0.15, -0.1) is 11.3 Å². The van der Waals surface area contributed by atoms with Gasteiger partial charge in [-0.2, -0.15) is 0 Å². The Morgan fingerprint density at radius 1 is 1.09 bits per heavy atom. The summed E-state index contributed by atoms with van der Waals surface area (Å²) in [6.45, 7) is 4.81. The van der Waals surface area contributed by atoms with Gasteiger partial charge in [0.25, 0.3) is 0 Å². The third-order valence-corrected chi connectivity index (χ3v) is 4.88. The lowest BCUT2D eigenvalue weighted by Crippen LogP contribution is -2.21. The molecule has 1 fully saturated rings. The van der Waals surface area contributed by atoms with Crippen LogP contribution in [0.15, 0.2) is 29.6 Å². The van der Waals surface area contributed by atoms with Crippen molar-refractivity contribution in [2.24, 2.45) is 0 Å². The molecule has 0 aliphatic carbocycles. The molecule has 2 aromatic heterocycles. The SMILES string of the molecule is Cc1nc(CNc2nc3ccccc3nc2N2CCCC2)cs1. The molecule has 1 aliphatic rings. The van der Waals surface area contributed by atoms with Gasteiger partial charge in [0.1, 0.15) is 0 Å². The number of hydrogen-bond acceptors (Lipinski definition) is 6. The minimum absolute atomic E-state index is 0.679. The van der Waals surface area contributed by atoms with Crippen LogP contribution in [0.2, 0.25) is 0 Å². The van der Waals surface area contributed by atoms with E-state index in [1.165, 1.54) is 12.8 Å². The van der Waals surface area contributed by atoms with Crippen molar-refractivity contribution >= 4 is 34.0 Å². The minimum Gasteiger partial charge on any atom is -0.361 e. The summed E-state index contributed by atoms with van der Waals surface area (Å²) in [6, 6.07) is 8.04. The van der Waals surface area contributed by atoms with Gasteiger partial charge in [0.05, 0.1) is 28.3 Å². The maximum atomic E-state index is 4.86. The highest BCUT2D eigenvalue weighted by Gasteiger charge is 2.19. The standard InChI is InChI=1S/C17H19N5S/c1-12-19-13(11-23-12)10-18-16-17(22-8-4-5-9-22)21-15-7-3-2-6-14(15)20-16/h2-3,6-7,11H,4-5,8-10H2,1H3,(H,18,20). The number of aromatic nitrogens is 3. The van der Waals surface area contributed by atoms with E-state index in [-0.39, 0.29) is 0 Å². The van der Waals surface area contributed by atoms with Crippen molar-refractivity contribution in [3.63, 3.8) is 0 Å². The third kappa shape index (κ3) is 2.99. The molecule has 3 heterocycles. The Bertz CT molecular complexity index is 823. The van der Waals surface area contributed by atoms with Gasteiger partial charge in [-0.1, -0.05) is 12.1 Å². The van der Waals surface area contributed by atoms with Gasteiger partial charge in [-0.3, -0.25) is 0 Å². The van der Waals surface area contributed by atoms with Crippen molar-refractivity contribution in [2.45, 2.75) is 26.3 Å². The molecule has 0 amide bonds. The first-order valence-corrected chi connectivity index (χ1v) is 8.84. The molecular weight excluding hydrogens is 306 g/mol. The van der Waals surface area contributed by atoms with E-state index in [0.29, 0.717) is 6.54 Å². The Morgan fingerprint density at radius 3 is 2.52 bits per heavy atom. The van der Waals surface area contributed by atoms with Crippen molar-refractivity contribution < 1.29 is 0 Å². The Hall–Kier alpha value is -2.21. The summed E-state index contributed by atoms with van der Waals surface area (Å²) in [5.74, 6) is 1.82. The molecule has 0 bridgehead atoms. The van der Waals surface area contributed by atoms with E-state index >= 15 is 0 Å². The quantitative estimate of drug-likeness (QED) is 0.794. The number of rotatable bonds is 4. The monoisotopic (exact) mass is 325 g/mol. The summed E-state index contributed by atoms with van der Waals surface area (Å²) in [6.07, 6.45) is 2.44. The molecule has 1 aromatic carbocycles. The molecule has 5 nitrogen and oxygen atoms in total. The molecule has 3 aromatic rings. The molecule has 1 aliphatic heterocycles. The van der Waals surface area contributed by atoms with Crippen LogP contribution in [0.4, 0.5) is 11.6 Å². The minimum atomic E-state index is 0.679. The highest BCUT2D eigenvalue weighted by atomic mass is 32.1. The number of aryl methyl sites for hydroxylation is 1. The Kier molecular flexibility index (Phi) is 3.83. The van der Waals surface area contributed by atoms with E-state index in [9.17, 15) is 0 Å². The van der Waals surface area contributed by atoms with E-state index in [1.807, 2.05) is 31.2 Å². The number of anilines is 2. The van der Waals surface area contributed by atoms with E-state index in [0.717, 1.165) is 46.5 Å². The van der Waals surface area contributed by atoms with Crippen LogP contribution in [-0.4, -0.2) is 28.0 Å². The number of nitrogens with zero attached hydrogens (tertiary/aromatic N) is 4. The molecule has 0 saturated carbocycles. The Labute approximate surface area is 139 Å². The summed E-state index contributed by atoms with van der Waals surface area (Å²) in [5.41, 5.74) is 2.92. The lowest BCUT2D eigenvalue weighted by molar-refractivity contribution is 0.929. The topological polar surface area (TPSA) is 53.9 Å². The zero-order chi connectivity index (χ0) is 15.6. The zero-order valence-electron chi connectivity index (χ0n) is 13.1. The van der Waals surface area contributed by atoms with Crippen LogP contribution < -0.4 is 10.2 Å². The number of thiazole rings is 1. The van der Waals surface area contributed by atoms with Gasteiger partial charge in [0.2, 0.25) is 0 Å². The average molecular weight is 325 g/mol. The number of hydrogen-bond donors (Lipinski definition) is 1. The highest BCUT2D eigenvalue weighted by Crippen LogP contribution is 2.28. The largest absolute Gasteiger partial charge is 0.361 e. The van der Waals surface area contributed by atoms with Crippen LogP contribution in [0, 0.1) is 6.92 Å². The first kappa shape index (κ1) is 14.4. The van der Waals surface area contributed by atoms with Crippen LogP contribution >= 0.6 is 11.3 Å². The summed E-state index contributed by atoms with van der Waals surface area (Å²) < 4.78 is 0. The highest BCUT2D eigenvalue weighted by molar-refractivity contribution is 7.09. The molecule has 0 radical (unpaired) electrons. The summed E-state index contributed by atoms with van der Waals surface area (Å²) in [5, 5.41) is 6.62. The first-order valence-electron chi connectivity index (χ1n) is 7.96. The number of nitrogens with one attached hydrogen (secondary N) is 1. The fourth-order valence-corrected chi connectivity index (χ4v) is 3.54. The van der Waals surface area contributed by atoms with Gasteiger partial charge in [0, 0.05) is 18.5 Å². The van der Waals surface area contributed by atoms with Crippen molar-refractivity contribution in [1.82, 2.24) is 15.0 Å². The van der Waals surface area contributed by atoms with Crippen LogP contribution in [-0.2, 0) is 6.54 Å². The van der Waals surface area contributed by atoms with E-state index in [2.05, 4.69) is 20.6 Å². The second-order valence-electron chi connectivity index (χ2n) is 5.79. The summed E-state index contributed by atoms with van der Waals surface area (Å²) in [7, 11) is 0. The van der Waals surface area contributed by atoms with Crippen LogP contribution in [0.1, 0.15) is 23.5 Å². The fraction of sp³-hybridized carbons (Fsp3) is 0.353. The van der Waals surface area contributed by atoms with Crippen molar-refractivity contribution in [3.05, 3.63) is 40.3 Å². The van der Waals surface area contributed by atoms with Crippen molar-refractivity contribution in [1.29, 1.82) is 0 Å². The molecular formula is C17H19N5S. The number of fused-ring (bicyclic) bond motifs is 1. The van der Waals surface area contributed by atoms with E-state index in [4.69, 9.17) is 9.97 Å². The Morgan fingerprint density at radius 2 is 1.83 bits per heavy atom. The van der Waals surface area contributed by atoms with Gasteiger partial charge in [-0.25, -0.2) is 15.0 Å². The second kappa shape index (κ2) is 6.12. The maximum Gasteiger partial charge on any atom is 0.172 e. The molecule has 0 spiro atoms. The maximum absolute atomic E-state index is 4.86. The average Bonchev–Trinajstić information content (AvgIpc) is 3.23. The second-order valence-corrected chi connectivity index (χ2v) is 6.85. The third-order valence-electron chi connectivity index (χ3n) is 4.06. The fourth-order valence-electron chi connectivity index (χ4n) is 2.92. The molecule has 0 atom stereocenters. The van der Waals surface area contributed by atoms with Gasteiger partial charge >= 0.3 is 0 Å². The lowest BCUT2D eigenvalue weighted by atomic mass is 10.3. The summed E-state index contributed by atoms with van der Waals surface area (Å²) >= 11 is 1.67. The van der Waals surface area contributed by atoms with Crippen LogP contribution in [0.25, 0.3) is 11.0 Å². The molecule has 118 valence electrons. The lowest BCUT2D eigenvalue weighted by Gasteiger charge is -2.20. The predicted octanol–water partition coefficient (Wildman–Crippen LogP) is 3.61. The van der Waals surface area contributed by atoms with E-state index in [1.54, 1.807) is 11.3 Å². The molecule has 6 heteroatoms. The molecule has 1 saturated heterocycles. The van der Waals surface area contributed by atoms with Crippen LogP contribution in [0.3, 0.4) is 0 Å². The van der Waals surface area contributed by atoms with Gasteiger partial charge in [-0.05, 0) is 31.9 Å². The van der Waals surface area contributed by atoms with Crippen molar-refractivity contribution in [2.75, 3.05) is 23.3 Å². The smallest absolute Gasteiger partial charge is 0.172 e. The molecule has 23 heavy (non-hydrogen) atoms. The summed E-state index contributed by atoms with van der Waals surface area (Å²) in [4.78, 5) is 16.5. The number of benzene rings is 1. The van der Waals surface area contributed by atoms with Crippen LogP contribution in [0.5, 0.6) is 0 Å². The zero-order valence-corrected chi connectivity index (χ0v) is 13.9. The predicted molar refractivity (Wildman–Crippen MR) is 95.2 cm³/mol. The van der Waals surface area contributed by atoms with Gasteiger partial charge in [0.15, 0.2) is 11.6 Å². The molecule has 4 rings (SSSR count). The normalized spacial score (nSPS) is 14.6. The molecule has 0 unspecified atom stereocenters. The first-order chi connectivity index (χ1) is 11.3. The number of para-hydroxylation sites is 2. The van der Waals surface area contributed by atoms with E-state index < -0.39 is 0 Å². The van der Waals surface area contributed by atoms with Crippen molar-refractivity contribution in [3.8, 4) is 0 Å². The molecule has 1 N–H and O–H groups in total.